The fourth-order valence-electron chi connectivity index (χ4n) is 1.56. The lowest BCUT2D eigenvalue weighted by Crippen LogP contribution is -2.14. The minimum Gasteiger partial charge on any atom is -0.472 e. The van der Waals surface area contributed by atoms with Crippen LogP contribution in [0.2, 0.25) is 5.02 Å². The molecule has 2 aromatic rings. The second-order valence-corrected chi connectivity index (χ2v) is 5.18. The van der Waals surface area contributed by atoms with Crippen LogP contribution >= 0.6 is 27.5 Å². The molecule has 0 amide bonds. The van der Waals surface area contributed by atoms with Crippen molar-refractivity contribution in [3.63, 3.8) is 0 Å². The monoisotopic (exact) mass is 355 g/mol. The lowest BCUT2D eigenvalue weighted by atomic mass is 10.2. The Morgan fingerprint density at radius 2 is 2.25 bits per heavy atom. The summed E-state index contributed by atoms with van der Waals surface area (Å²) in [6.45, 7) is 0.311. The van der Waals surface area contributed by atoms with Gasteiger partial charge >= 0.3 is 0 Å². The zero-order valence-electron chi connectivity index (χ0n) is 10.3. The summed E-state index contributed by atoms with van der Waals surface area (Å²) in [5, 5.41) is 11.8. The Morgan fingerprint density at radius 3 is 2.95 bits per heavy atom. The zero-order valence-corrected chi connectivity index (χ0v) is 12.6. The number of oxime groups is 1. The van der Waals surface area contributed by atoms with Crippen LogP contribution in [0.25, 0.3) is 0 Å². The molecule has 20 heavy (non-hydrogen) atoms. The van der Waals surface area contributed by atoms with Gasteiger partial charge in [0.15, 0.2) is 5.84 Å². The molecule has 0 fully saturated rings. The zero-order chi connectivity index (χ0) is 14.5. The number of ether oxygens (including phenoxy) is 1. The first-order valence-corrected chi connectivity index (χ1v) is 6.78. The van der Waals surface area contributed by atoms with Gasteiger partial charge in [0, 0.05) is 16.2 Å². The number of nitrogens with zero attached hydrogens (tertiary/aromatic N) is 2. The summed E-state index contributed by atoms with van der Waals surface area (Å²) in [7, 11) is 0. The summed E-state index contributed by atoms with van der Waals surface area (Å²) in [6, 6.07) is 9.23. The number of hydrogen-bond donors (Lipinski definition) is 2. The Kier molecular flexibility index (Phi) is 4.81. The Balaban J connectivity index is 2.18. The largest absolute Gasteiger partial charge is 0.472 e. The van der Waals surface area contributed by atoms with Crippen LogP contribution < -0.4 is 10.5 Å². The van der Waals surface area contributed by atoms with Gasteiger partial charge in [0.1, 0.15) is 11.6 Å². The molecule has 1 heterocycles. The summed E-state index contributed by atoms with van der Waals surface area (Å²) in [6.07, 6.45) is 1.48. The third-order valence-corrected chi connectivity index (χ3v) is 3.36. The summed E-state index contributed by atoms with van der Waals surface area (Å²) in [4.78, 5) is 4.04. The van der Waals surface area contributed by atoms with E-state index in [1.165, 1.54) is 6.20 Å². The van der Waals surface area contributed by atoms with Gasteiger partial charge in [-0.1, -0.05) is 44.8 Å². The van der Waals surface area contributed by atoms with Gasteiger partial charge < -0.3 is 15.7 Å². The van der Waals surface area contributed by atoms with E-state index >= 15 is 0 Å². The summed E-state index contributed by atoms with van der Waals surface area (Å²) in [5.41, 5.74) is 6.85. The van der Waals surface area contributed by atoms with Crippen molar-refractivity contribution in [2.45, 2.75) is 6.61 Å². The highest BCUT2D eigenvalue weighted by atomic mass is 79.9. The number of hydrogen-bond acceptors (Lipinski definition) is 4. The molecule has 7 heteroatoms. The number of nitrogens with two attached hydrogens (primary N) is 1. The van der Waals surface area contributed by atoms with Crippen molar-refractivity contribution >= 4 is 33.4 Å². The molecular weight excluding hydrogens is 346 g/mol. The first-order chi connectivity index (χ1) is 9.61. The highest BCUT2D eigenvalue weighted by molar-refractivity contribution is 9.10. The molecule has 0 aliphatic carbocycles. The molecule has 3 N–H and O–H groups in total. The molecule has 104 valence electrons. The molecule has 0 atom stereocenters. The average Bonchev–Trinajstić information content (AvgIpc) is 2.45. The van der Waals surface area contributed by atoms with Gasteiger partial charge in [0.2, 0.25) is 5.88 Å². The average molecular weight is 357 g/mol. The predicted molar refractivity (Wildman–Crippen MR) is 80.2 cm³/mol. The normalized spacial score (nSPS) is 11.4. The summed E-state index contributed by atoms with van der Waals surface area (Å²) in [5.74, 6) is 0.139. The van der Waals surface area contributed by atoms with E-state index in [1.54, 1.807) is 6.07 Å². The molecule has 2 rings (SSSR count). The van der Waals surface area contributed by atoms with Crippen molar-refractivity contribution in [1.29, 1.82) is 0 Å². The third-order valence-electron chi connectivity index (χ3n) is 2.51. The lowest BCUT2D eigenvalue weighted by molar-refractivity contribution is 0.294. The van der Waals surface area contributed by atoms with Crippen molar-refractivity contribution in [3.8, 4) is 5.88 Å². The smallest absolute Gasteiger partial charge is 0.233 e. The topological polar surface area (TPSA) is 80.7 Å². The molecule has 0 saturated carbocycles. The molecule has 0 aliphatic heterocycles. The van der Waals surface area contributed by atoms with Gasteiger partial charge in [-0.05, 0) is 23.8 Å². The standard InChI is InChI=1S/C13H11BrClN3O2/c14-9-3-1-2-8(6-9)7-20-13-11(15)10(4-5-17-13)12(16)18-19/h1-6,19H,7H2,(H2,16,18). The second kappa shape index (κ2) is 6.58. The third kappa shape index (κ3) is 3.40. The van der Waals surface area contributed by atoms with Crippen LogP contribution in [0, 0.1) is 0 Å². The molecule has 0 saturated heterocycles. The van der Waals surface area contributed by atoms with E-state index in [0.29, 0.717) is 12.2 Å². The van der Waals surface area contributed by atoms with Gasteiger partial charge in [0.05, 0.1) is 0 Å². The van der Waals surface area contributed by atoms with Gasteiger partial charge in [0.25, 0.3) is 0 Å². The van der Waals surface area contributed by atoms with E-state index in [0.717, 1.165) is 10.0 Å². The molecule has 1 aromatic carbocycles. The molecule has 0 unspecified atom stereocenters. The molecule has 0 spiro atoms. The van der Waals surface area contributed by atoms with E-state index in [1.807, 2.05) is 24.3 Å². The first kappa shape index (κ1) is 14.6. The van der Waals surface area contributed by atoms with Crippen molar-refractivity contribution in [3.05, 3.63) is 57.2 Å². The SMILES string of the molecule is N/C(=N/O)c1ccnc(OCc2cccc(Br)c2)c1Cl. The van der Waals surface area contributed by atoms with Crippen LogP contribution in [0.4, 0.5) is 0 Å². The van der Waals surface area contributed by atoms with Crippen LogP contribution in [0.5, 0.6) is 5.88 Å². The summed E-state index contributed by atoms with van der Waals surface area (Å²) >= 11 is 9.50. The van der Waals surface area contributed by atoms with Crippen molar-refractivity contribution in [2.75, 3.05) is 0 Å². The number of halogens is 2. The van der Waals surface area contributed by atoms with Crippen molar-refractivity contribution < 1.29 is 9.94 Å². The van der Waals surface area contributed by atoms with Gasteiger partial charge in [-0.25, -0.2) is 4.98 Å². The number of amidine groups is 1. The number of aromatic nitrogens is 1. The van der Waals surface area contributed by atoms with E-state index in [4.69, 9.17) is 27.3 Å². The quantitative estimate of drug-likeness (QED) is 0.381. The maximum atomic E-state index is 8.68. The van der Waals surface area contributed by atoms with Crippen LogP contribution in [0.3, 0.4) is 0 Å². The molecule has 1 aromatic heterocycles. The lowest BCUT2D eigenvalue weighted by Gasteiger charge is -2.09. The first-order valence-electron chi connectivity index (χ1n) is 5.61. The minimum absolute atomic E-state index is 0.0929. The Bertz CT molecular complexity index is 649. The van der Waals surface area contributed by atoms with Crippen LogP contribution in [0.1, 0.15) is 11.1 Å². The highest BCUT2D eigenvalue weighted by Gasteiger charge is 2.12. The van der Waals surface area contributed by atoms with E-state index < -0.39 is 0 Å². The summed E-state index contributed by atoms with van der Waals surface area (Å²) < 4.78 is 6.52. The second-order valence-electron chi connectivity index (χ2n) is 3.88. The molecular formula is C13H11BrClN3O2. The van der Waals surface area contributed by atoms with Crippen LogP contribution in [0.15, 0.2) is 46.2 Å². The van der Waals surface area contributed by atoms with Gasteiger partial charge in [-0.15, -0.1) is 0 Å². The fourth-order valence-corrected chi connectivity index (χ4v) is 2.27. The number of pyridine rings is 1. The van der Waals surface area contributed by atoms with E-state index in [-0.39, 0.29) is 16.7 Å². The fraction of sp³-hybridized carbons (Fsp3) is 0.0769. The maximum absolute atomic E-state index is 8.68. The van der Waals surface area contributed by atoms with Gasteiger partial charge in [-0.3, -0.25) is 0 Å². The Hall–Kier alpha value is -1.79. The molecule has 0 bridgehead atoms. The molecule has 0 aliphatic rings. The molecule has 0 radical (unpaired) electrons. The van der Waals surface area contributed by atoms with Crippen LogP contribution in [-0.2, 0) is 6.61 Å². The predicted octanol–water partition coefficient (Wildman–Crippen LogP) is 3.17. The van der Waals surface area contributed by atoms with Crippen molar-refractivity contribution in [1.82, 2.24) is 4.98 Å². The maximum Gasteiger partial charge on any atom is 0.233 e. The van der Waals surface area contributed by atoms with Crippen LogP contribution in [-0.4, -0.2) is 16.0 Å². The van der Waals surface area contributed by atoms with Crippen molar-refractivity contribution in [2.24, 2.45) is 10.9 Å². The Morgan fingerprint density at radius 1 is 1.45 bits per heavy atom. The van der Waals surface area contributed by atoms with Gasteiger partial charge in [-0.2, -0.15) is 0 Å². The van der Waals surface area contributed by atoms with E-state index in [2.05, 4.69) is 26.1 Å². The highest BCUT2D eigenvalue weighted by Crippen LogP contribution is 2.26. The molecule has 5 nitrogen and oxygen atoms in total. The number of benzene rings is 1. The number of rotatable bonds is 4. The Labute approximate surface area is 129 Å². The minimum atomic E-state index is -0.0929. The van der Waals surface area contributed by atoms with E-state index in [9.17, 15) is 0 Å².